The van der Waals surface area contributed by atoms with Crippen molar-refractivity contribution in [3.05, 3.63) is 65.0 Å². The van der Waals surface area contributed by atoms with Crippen LogP contribution in [0, 0.1) is 5.82 Å². The molecule has 0 aliphatic carbocycles. The normalized spacial score (nSPS) is 15.1. The summed E-state index contributed by atoms with van der Waals surface area (Å²) in [6, 6.07) is 11.4. The standard InChI is InChI=1S/C28H30FNO6/c1-6-34-22(31)14-17-11-12-21(20(29)13-17)30-27(32)23-24(28(30)33)26(36-16(4)5)19-10-8-7-9-18(19)25(23)35-15(2)3/h7-13,15-16,27,32H,6,14H2,1-5H3. The van der Waals surface area contributed by atoms with E-state index in [1.807, 2.05) is 52.0 Å². The number of aliphatic hydroxyl groups excluding tert-OH is 1. The van der Waals surface area contributed by atoms with Gasteiger partial charge in [-0.05, 0) is 52.3 Å². The van der Waals surface area contributed by atoms with Crippen LogP contribution in [0.4, 0.5) is 10.1 Å². The summed E-state index contributed by atoms with van der Waals surface area (Å²) in [6.45, 7) is 9.30. The Hall–Kier alpha value is -3.65. The fraction of sp³-hybridized carbons (Fsp3) is 0.357. The number of hydrogen-bond donors (Lipinski definition) is 1. The molecule has 1 amide bonds. The van der Waals surface area contributed by atoms with E-state index >= 15 is 4.39 Å². The second-order valence-corrected chi connectivity index (χ2v) is 9.14. The summed E-state index contributed by atoms with van der Waals surface area (Å²) in [5, 5.41) is 12.8. The lowest BCUT2D eigenvalue weighted by molar-refractivity contribution is -0.142. The van der Waals surface area contributed by atoms with Gasteiger partial charge in [-0.15, -0.1) is 0 Å². The number of esters is 1. The maximum absolute atomic E-state index is 15.3. The monoisotopic (exact) mass is 495 g/mol. The SMILES string of the molecule is CCOC(=O)Cc1ccc(N2C(=O)c3c(c(OC(C)C)c4ccccc4c3OC(C)C)C2O)c(F)c1. The largest absolute Gasteiger partial charge is 0.490 e. The maximum atomic E-state index is 15.3. The van der Waals surface area contributed by atoms with Crippen LogP contribution in [0.5, 0.6) is 11.5 Å². The average molecular weight is 496 g/mol. The Morgan fingerprint density at radius 1 is 1.03 bits per heavy atom. The highest BCUT2D eigenvalue weighted by molar-refractivity contribution is 6.17. The summed E-state index contributed by atoms with van der Waals surface area (Å²) >= 11 is 0. The third-order valence-corrected chi connectivity index (χ3v) is 5.73. The zero-order valence-electron chi connectivity index (χ0n) is 21.0. The Balaban J connectivity index is 1.87. The fourth-order valence-corrected chi connectivity index (χ4v) is 4.41. The molecule has 0 spiro atoms. The van der Waals surface area contributed by atoms with E-state index in [0.717, 1.165) is 4.90 Å². The Morgan fingerprint density at radius 2 is 1.64 bits per heavy atom. The molecule has 36 heavy (non-hydrogen) atoms. The van der Waals surface area contributed by atoms with Crippen molar-refractivity contribution in [3.63, 3.8) is 0 Å². The molecule has 0 fully saturated rings. The second kappa shape index (κ2) is 10.1. The molecule has 1 aliphatic heterocycles. The lowest BCUT2D eigenvalue weighted by atomic mass is 9.98. The fourth-order valence-electron chi connectivity index (χ4n) is 4.41. The van der Waals surface area contributed by atoms with Crippen LogP contribution in [0.2, 0.25) is 0 Å². The lowest BCUT2D eigenvalue weighted by Gasteiger charge is -2.23. The molecule has 7 nitrogen and oxygen atoms in total. The number of carbonyl (C=O) groups is 2. The van der Waals surface area contributed by atoms with Gasteiger partial charge in [0.1, 0.15) is 17.3 Å². The van der Waals surface area contributed by atoms with E-state index < -0.39 is 23.9 Å². The van der Waals surface area contributed by atoms with E-state index in [2.05, 4.69) is 0 Å². The Kier molecular flexibility index (Phi) is 7.17. The van der Waals surface area contributed by atoms with Gasteiger partial charge in [-0.3, -0.25) is 14.5 Å². The average Bonchev–Trinajstić information content (AvgIpc) is 3.06. The van der Waals surface area contributed by atoms with Gasteiger partial charge in [-0.1, -0.05) is 30.3 Å². The van der Waals surface area contributed by atoms with E-state index in [1.165, 1.54) is 18.2 Å². The number of anilines is 1. The number of hydrogen-bond acceptors (Lipinski definition) is 6. The van der Waals surface area contributed by atoms with Gasteiger partial charge in [0, 0.05) is 10.8 Å². The third-order valence-electron chi connectivity index (χ3n) is 5.73. The summed E-state index contributed by atoms with van der Waals surface area (Å²) in [5.41, 5.74) is 0.650. The molecule has 0 aromatic heterocycles. The number of aliphatic hydroxyl groups is 1. The quantitative estimate of drug-likeness (QED) is 0.427. The van der Waals surface area contributed by atoms with Crippen molar-refractivity contribution in [2.45, 2.75) is 59.5 Å². The third kappa shape index (κ3) is 4.60. The minimum atomic E-state index is -1.51. The number of benzene rings is 3. The molecule has 1 aliphatic rings. The molecule has 8 heteroatoms. The Morgan fingerprint density at radius 3 is 2.22 bits per heavy atom. The molecule has 1 atom stereocenters. The topological polar surface area (TPSA) is 85.3 Å². The highest BCUT2D eigenvalue weighted by Gasteiger charge is 2.44. The van der Waals surface area contributed by atoms with Crippen molar-refractivity contribution < 1.29 is 33.3 Å². The summed E-state index contributed by atoms with van der Waals surface area (Å²) in [6.07, 6.45) is -2.12. The van der Waals surface area contributed by atoms with E-state index in [1.54, 1.807) is 6.92 Å². The van der Waals surface area contributed by atoms with Crippen molar-refractivity contribution in [1.82, 2.24) is 0 Å². The minimum absolute atomic E-state index is 0.105. The van der Waals surface area contributed by atoms with Crippen molar-refractivity contribution >= 4 is 28.3 Å². The van der Waals surface area contributed by atoms with Gasteiger partial charge >= 0.3 is 5.97 Å². The van der Waals surface area contributed by atoms with Crippen molar-refractivity contribution in [3.8, 4) is 11.5 Å². The number of nitrogens with zero attached hydrogens (tertiary/aromatic N) is 1. The van der Waals surface area contributed by atoms with Gasteiger partial charge < -0.3 is 19.3 Å². The van der Waals surface area contributed by atoms with Gasteiger partial charge in [0.05, 0.1) is 42.0 Å². The van der Waals surface area contributed by atoms with Crippen molar-refractivity contribution in [2.75, 3.05) is 11.5 Å². The Bertz CT molecular complexity index is 1320. The van der Waals surface area contributed by atoms with E-state index in [9.17, 15) is 14.7 Å². The van der Waals surface area contributed by atoms with Crippen LogP contribution < -0.4 is 14.4 Å². The smallest absolute Gasteiger partial charge is 0.310 e. The van der Waals surface area contributed by atoms with Crippen LogP contribution in [0.25, 0.3) is 10.8 Å². The van der Waals surface area contributed by atoms with Crippen LogP contribution in [-0.2, 0) is 16.0 Å². The molecule has 0 saturated carbocycles. The maximum Gasteiger partial charge on any atom is 0.310 e. The van der Waals surface area contributed by atoms with Crippen molar-refractivity contribution in [1.29, 1.82) is 0 Å². The molecule has 0 bridgehead atoms. The minimum Gasteiger partial charge on any atom is -0.490 e. The van der Waals surface area contributed by atoms with Gasteiger partial charge in [0.15, 0.2) is 6.23 Å². The van der Waals surface area contributed by atoms with Gasteiger partial charge in [0.2, 0.25) is 0 Å². The first-order valence-corrected chi connectivity index (χ1v) is 12.0. The zero-order chi connectivity index (χ0) is 26.1. The second-order valence-electron chi connectivity index (χ2n) is 9.14. The summed E-state index contributed by atoms with van der Waals surface area (Å²) in [4.78, 5) is 26.6. The molecule has 4 rings (SSSR count). The number of rotatable bonds is 8. The predicted octanol–water partition coefficient (Wildman–Crippen LogP) is 5.31. The highest BCUT2D eigenvalue weighted by atomic mass is 19.1. The molecule has 190 valence electrons. The van der Waals surface area contributed by atoms with Crippen LogP contribution in [0.1, 0.15) is 62.3 Å². The van der Waals surface area contributed by atoms with Crippen LogP contribution in [0.15, 0.2) is 42.5 Å². The van der Waals surface area contributed by atoms with Gasteiger partial charge in [-0.2, -0.15) is 0 Å². The van der Waals surface area contributed by atoms with Gasteiger partial charge in [-0.25, -0.2) is 4.39 Å². The molecule has 3 aromatic rings. The van der Waals surface area contributed by atoms with Crippen LogP contribution >= 0.6 is 0 Å². The van der Waals surface area contributed by atoms with E-state index in [4.69, 9.17) is 14.2 Å². The zero-order valence-corrected chi connectivity index (χ0v) is 21.0. The molecule has 1 heterocycles. The Labute approximate surface area is 209 Å². The lowest BCUT2D eigenvalue weighted by Crippen LogP contribution is -2.28. The molecule has 3 aromatic carbocycles. The number of halogens is 1. The predicted molar refractivity (Wildman–Crippen MR) is 134 cm³/mol. The number of carbonyl (C=O) groups excluding carboxylic acids is 2. The number of ether oxygens (including phenoxy) is 3. The summed E-state index contributed by atoms with van der Waals surface area (Å²) < 4.78 is 32.4. The molecule has 0 radical (unpaired) electrons. The van der Waals surface area contributed by atoms with E-state index in [0.29, 0.717) is 27.8 Å². The number of fused-ring (bicyclic) bond motifs is 2. The summed E-state index contributed by atoms with van der Waals surface area (Å²) in [7, 11) is 0. The number of amides is 1. The summed E-state index contributed by atoms with van der Waals surface area (Å²) in [5.74, 6) is -1.16. The van der Waals surface area contributed by atoms with Crippen LogP contribution in [-0.4, -0.2) is 35.8 Å². The van der Waals surface area contributed by atoms with Crippen molar-refractivity contribution in [2.24, 2.45) is 0 Å². The van der Waals surface area contributed by atoms with Gasteiger partial charge in [0.25, 0.3) is 5.91 Å². The first kappa shape index (κ1) is 25.4. The molecule has 1 unspecified atom stereocenters. The first-order valence-electron chi connectivity index (χ1n) is 12.0. The highest BCUT2D eigenvalue weighted by Crippen LogP contribution is 2.50. The molecule has 0 saturated heterocycles. The first-order chi connectivity index (χ1) is 17.1. The van der Waals surface area contributed by atoms with Crippen LogP contribution in [0.3, 0.4) is 0 Å². The van der Waals surface area contributed by atoms with E-state index in [-0.39, 0.29) is 42.0 Å². The molecular formula is C28H30FNO6. The molecular weight excluding hydrogens is 465 g/mol. The molecule has 1 N–H and O–H groups in total.